The smallest absolute Gasteiger partial charge is 0.259 e. The number of ether oxygens (including phenoxy) is 1. The monoisotopic (exact) mass is 382 g/mol. The predicted molar refractivity (Wildman–Crippen MR) is 101 cm³/mol. The van der Waals surface area contributed by atoms with Gasteiger partial charge in [0.15, 0.2) is 11.6 Å². The van der Waals surface area contributed by atoms with Gasteiger partial charge in [-0.2, -0.15) is 5.10 Å². The molecule has 142 valence electrons. The van der Waals surface area contributed by atoms with Crippen LogP contribution < -0.4 is 15.5 Å². The number of halogens is 2. The van der Waals surface area contributed by atoms with Crippen molar-refractivity contribution < 1.29 is 18.3 Å². The highest BCUT2D eigenvalue weighted by atomic mass is 19.2. The zero-order chi connectivity index (χ0) is 19.8. The molecule has 0 atom stereocenters. The predicted octanol–water partition coefficient (Wildman–Crippen LogP) is 3.71. The molecule has 8 heteroatoms. The Bertz CT molecular complexity index is 981. The maximum absolute atomic E-state index is 13.3. The number of carbonyl (C=O) groups excluding carboxylic acids is 1. The Morgan fingerprint density at radius 2 is 1.82 bits per heavy atom. The fourth-order valence-corrected chi connectivity index (χ4v) is 2.20. The molecule has 3 rings (SSSR count). The SMILES string of the molecule is O=C(CNc1cccc(Oc2ccc(F)c(F)c2)c1)NN=Cc1ccncc1. The van der Waals surface area contributed by atoms with Crippen LogP contribution >= 0.6 is 0 Å². The van der Waals surface area contributed by atoms with Crippen LogP contribution in [0.15, 0.2) is 72.1 Å². The molecule has 1 aromatic heterocycles. The highest BCUT2D eigenvalue weighted by Crippen LogP contribution is 2.25. The summed E-state index contributed by atoms with van der Waals surface area (Å²) in [6.07, 6.45) is 4.76. The van der Waals surface area contributed by atoms with Crippen LogP contribution in [-0.2, 0) is 4.79 Å². The molecule has 6 nitrogen and oxygen atoms in total. The Hall–Kier alpha value is -3.81. The van der Waals surface area contributed by atoms with Crippen molar-refractivity contribution in [3.63, 3.8) is 0 Å². The molecule has 0 saturated carbocycles. The molecule has 0 spiro atoms. The van der Waals surface area contributed by atoms with Crippen molar-refractivity contribution in [2.45, 2.75) is 0 Å². The molecule has 1 amide bonds. The van der Waals surface area contributed by atoms with E-state index in [2.05, 4.69) is 20.8 Å². The van der Waals surface area contributed by atoms with E-state index in [4.69, 9.17) is 4.74 Å². The van der Waals surface area contributed by atoms with Crippen LogP contribution in [-0.4, -0.2) is 23.7 Å². The Morgan fingerprint density at radius 3 is 2.61 bits per heavy atom. The van der Waals surface area contributed by atoms with Gasteiger partial charge in [-0.25, -0.2) is 14.2 Å². The molecular weight excluding hydrogens is 366 g/mol. The van der Waals surface area contributed by atoms with E-state index in [1.807, 2.05) is 0 Å². The van der Waals surface area contributed by atoms with E-state index in [1.165, 1.54) is 12.3 Å². The number of hydrogen-bond donors (Lipinski definition) is 2. The number of pyridine rings is 1. The minimum absolute atomic E-state index is 0.0116. The number of carbonyl (C=O) groups is 1. The molecule has 0 saturated heterocycles. The summed E-state index contributed by atoms with van der Waals surface area (Å²) in [5.41, 5.74) is 3.84. The highest BCUT2D eigenvalue weighted by Gasteiger charge is 2.05. The summed E-state index contributed by atoms with van der Waals surface area (Å²) < 4.78 is 31.7. The van der Waals surface area contributed by atoms with Gasteiger partial charge in [0.05, 0.1) is 12.8 Å². The van der Waals surface area contributed by atoms with E-state index < -0.39 is 11.6 Å². The lowest BCUT2D eigenvalue weighted by Gasteiger charge is -2.09. The molecule has 1 heterocycles. The third-order valence-corrected chi connectivity index (χ3v) is 3.52. The van der Waals surface area contributed by atoms with E-state index in [0.29, 0.717) is 11.4 Å². The first-order chi connectivity index (χ1) is 13.6. The number of anilines is 1. The first kappa shape index (κ1) is 19.0. The van der Waals surface area contributed by atoms with Crippen LogP contribution in [0.2, 0.25) is 0 Å². The fourth-order valence-electron chi connectivity index (χ4n) is 2.20. The average molecular weight is 382 g/mol. The van der Waals surface area contributed by atoms with Crippen molar-refractivity contribution in [1.82, 2.24) is 10.4 Å². The molecular formula is C20H16F2N4O2. The van der Waals surface area contributed by atoms with E-state index in [1.54, 1.807) is 48.8 Å². The fraction of sp³-hybridized carbons (Fsp3) is 0.0500. The van der Waals surface area contributed by atoms with E-state index in [9.17, 15) is 13.6 Å². The third kappa shape index (κ3) is 5.60. The number of nitrogens with one attached hydrogen (secondary N) is 2. The second-order valence-corrected chi connectivity index (χ2v) is 5.63. The van der Waals surface area contributed by atoms with Gasteiger partial charge in [-0.1, -0.05) is 6.07 Å². The first-order valence-electron chi connectivity index (χ1n) is 8.29. The van der Waals surface area contributed by atoms with E-state index >= 15 is 0 Å². The average Bonchev–Trinajstić information content (AvgIpc) is 2.70. The zero-order valence-corrected chi connectivity index (χ0v) is 14.6. The molecule has 0 radical (unpaired) electrons. The molecule has 2 N–H and O–H groups in total. The molecule has 2 aromatic carbocycles. The minimum atomic E-state index is -0.990. The van der Waals surface area contributed by atoms with Crippen LogP contribution in [0.5, 0.6) is 11.5 Å². The summed E-state index contributed by atoms with van der Waals surface area (Å²) in [6.45, 7) is -0.0116. The van der Waals surface area contributed by atoms with Crippen molar-refractivity contribution in [3.8, 4) is 11.5 Å². The summed E-state index contributed by atoms with van der Waals surface area (Å²) in [6, 6.07) is 13.5. The maximum atomic E-state index is 13.3. The van der Waals surface area contributed by atoms with Gasteiger partial charge >= 0.3 is 0 Å². The van der Waals surface area contributed by atoms with Crippen molar-refractivity contribution in [1.29, 1.82) is 0 Å². The molecule has 0 fully saturated rings. The summed E-state index contributed by atoms with van der Waals surface area (Å²) in [4.78, 5) is 15.7. The second kappa shape index (κ2) is 9.22. The zero-order valence-electron chi connectivity index (χ0n) is 14.6. The highest BCUT2D eigenvalue weighted by molar-refractivity contribution is 5.84. The van der Waals surface area contributed by atoms with Gasteiger partial charge in [0.25, 0.3) is 5.91 Å². The van der Waals surface area contributed by atoms with Crippen LogP contribution in [0, 0.1) is 11.6 Å². The molecule has 0 unspecified atom stereocenters. The number of hydrazone groups is 1. The van der Waals surface area contributed by atoms with Crippen molar-refractivity contribution in [2.75, 3.05) is 11.9 Å². The Balaban J connectivity index is 1.52. The Morgan fingerprint density at radius 1 is 1.04 bits per heavy atom. The van der Waals surface area contributed by atoms with Gasteiger partial charge in [-0.3, -0.25) is 9.78 Å². The number of rotatable bonds is 7. The molecule has 0 bridgehead atoms. The van der Waals surface area contributed by atoms with E-state index in [0.717, 1.165) is 17.7 Å². The largest absolute Gasteiger partial charge is 0.457 e. The van der Waals surface area contributed by atoms with Crippen molar-refractivity contribution in [3.05, 3.63) is 84.2 Å². The summed E-state index contributed by atoms with van der Waals surface area (Å²) >= 11 is 0. The third-order valence-electron chi connectivity index (χ3n) is 3.52. The van der Waals surface area contributed by atoms with E-state index in [-0.39, 0.29) is 18.2 Å². The Kier molecular flexibility index (Phi) is 6.25. The number of hydrogen-bond acceptors (Lipinski definition) is 5. The molecule has 3 aromatic rings. The van der Waals surface area contributed by atoms with Crippen LogP contribution in [0.3, 0.4) is 0 Å². The number of aromatic nitrogens is 1. The summed E-state index contributed by atoms with van der Waals surface area (Å²) in [5.74, 6) is -1.69. The minimum Gasteiger partial charge on any atom is -0.457 e. The molecule has 28 heavy (non-hydrogen) atoms. The van der Waals surface area contributed by atoms with Crippen LogP contribution in [0.4, 0.5) is 14.5 Å². The lowest BCUT2D eigenvalue weighted by atomic mass is 10.3. The molecule has 0 aliphatic carbocycles. The second-order valence-electron chi connectivity index (χ2n) is 5.63. The van der Waals surface area contributed by atoms with Gasteiger partial charge < -0.3 is 10.1 Å². The van der Waals surface area contributed by atoms with Crippen LogP contribution in [0.1, 0.15) is 5.56 Å². The first-order valence-corrected chi connectivity index (χ1v) is 8.29. The standard InChI is InChI=1S/C20H16F2N4O2/c21-18-5-4-17(11-19(18)22)28-16-3-1-2-15(10-16)24-13-20(27)26-25-12-14-6-8-23-9-7-14/h1-12,24H,13H2,(H,26,27). The number of benzene rings is 2. The van der Waals surface area contributed by atoms with Gasteiger partial charge in [0.1, 0.15) is 11.5 Å². The molecule has 0 aliphatic rings. The quantitative estimate of drug-likeness (QED) is 0.482. The van der Waals surface area contributed by atoms with Crippen molar-refractivity contribution >= 4 is 17.8 Å². The summed E-state index contributed by atoms with van der Waals surface area (Å²) in [5, 5.41) is 6.79. The van der Waals surface area contributed by atoms with Gasteiger partial charge in [0, 0.05) is 30.2 Å². The molecule has 0 aliphatic heterocycles. The summed E-state index contributed by atoms with van der Waals surface area (Å²) in [7, 11) is 0. The number of nitrogens with zero attached hydrogens (tertiary/aromatic N) is 2. The lowest BCUT2D eigenvalue weighted by Crippen LogP contribution is -2.25. The normalized spacial score (nSPS) is 10.6. The van der Waals surface area contributed by atoms with Gasteiger partial charge in [-0.05, 0) is 42.0 Å². The van der Waals surface area contributed by atoms with Crippen molar-refractivity contribution in [2.24, 2.45) is 5.10 Å². The number of amides is 1. The van der Waals surface area contributed by atoms with Gasteiger partial charge in [-0.15, -0.1) is 0 Å². The van der Waals surface area contributed by atoms with Crippen LogP contribution in [0.25, 0.3) is 0 Å². The van der Waals surface area contributed by atoms with Gasteiger partial charge in [0.2, 0.25) is 0 Å². The lowest BCUT2D eigenvalue weighted by molar-refractivity contribution is -0.119. The topological polar surface area (TPSA) is 75.6 Å². The Labute approximate surface area is 159 Å². The maximum Gasteiger partial charge on any atom is 0.259 e.